The normalized spacial score (nSPS) is 28.7. The highest BCUT2D eigenvalue weighted by Gasteiger charge is 2.50. The Morgan fingerprint density at radius 3 is 2.26 bits per heavy atom. The van der Waals surface area contributed by atoms with Crippen LogP contribution in [0.3, 0.4) is 0 Å². The van der Waals surface area contributed by atoms with E-state index in [0.29, 0.717) is 50.2 Å². The number of quaternary nitrogens is 1. The number of nitrogens with one attached hydrogen (secondary N) is 1. The minimum atomic E-state index is -2.69. The lowest BCUT2D eigenvalue weighted by atomic mass is 10.4. The minimum absolute atomic E-state index is 0.184. The Morgan fingerprint density at radius 1 is 1.17 bits per heavy atom. The van der Waals surface area contributed by atoms with E-state index in [-0.39, 0.29) is 5.97 Å². The van der Waals surface area contributed by atoms with Crippen LogP contribution < -0.4 is 5.43 Å². The van der Waals surface area contributed by atoms with E-state index in [1.54, 1.807) is 0 Å². The minimum Gasteiger partial charge on any atom is -0.466 e. The van der Waals surface area contributed by atoms with Crippen molar-refractivity contribution in [3.63, 3.8) is 0 Å². The van der Waals surface area contributed by atoms with Crippen molar-refractivity contribution < 1.29 is 27.4 Å². The number of rotatable bonds is 7. The summed E-state index contributed by atoms with van der Waals surface area (Å²) in [5.74, 6) is -0.184. The summed E-state index contributed by atoms with van der Waals surface area (Å²) in [6, 6.07) is 0. The van der Waals surface area contributed by atoms with Gasteiger partial charge in [-0.3, -0.25) is 9.69 Å². The fourth-order valence-electron chi connectivity index (χ4n) is 2.82. The van der Waals surface area contributed by atoms with Crippen LogP contribution in [0.4, 0.5) is 0 Å². The summed E-state index contributed by atoms with van der Waals surface area (Å²) >= 11 is 0. The first kappa shape index (κ1) is 18.8. The molecule has 2 bridgehead atoms. The van der Waals surface area contributed by atoms with E-state index in [0.717, 1.165) is 19.6 Å². The van der Waals surface area contributed by atoms with Gasteiger partial charge in [0, 0.05) is 19.6 Å². The first-order chi connectivity index (χ1) is 10.9. The molecule has 134 valence electrons. The highest BCUT2D eigenvalue weighted by atomic mass is 28.4. The van der Waals surface area contributed by atoms with Crippen molar-refractivity contribution in [1.29, 1.82) is 0 Å². The number of carbonyl (C=O) groups excluding carboxylic acids is 1. The van der Waals surface area contributed by atoms with E-state index in [9.17, 15) is 4.79 Å². The summed E-state index contributed by atoms with van der Waals surface area (Å²) in [7, 11) is 1.38. The van der Waals surface area contributed by atoms with Crippen molar-refractivity contribution in [1.82, 2.24) is 10.3 Å². The van der Waals surface area contributed by atoms with Crippen LogP contribution in [0.1, 0.15) is 13.3 Å². The predicted molar refractivity (Wildman–Crippen MR) is 86.3 cm³/mol. The Morgan fingerprint density at radius 2 is 1.74 bits per heavy atom. The number of esters is 1. The molecule has 0 saturated carbocycles. The Kier molecular flexibility index (Phi) is 6.95. The standard InChI is InChI=1S/C14H30N3O5Si/c1-4-19-14(18)5-6-15-17(2,3)13-23-20-10-7-16(8-11-21-23)9-12-22-23/h15H,4-13H2,1-3H3/q+1. The van der Waals surface area contributed by atoms with Gasteiger partial charge in [-0.1, -0.05) is 0 Å². The Labute approximate surface area is 139 Å². The van der Waals surface area contributed by atoms with Crippen LogP contribution in [0.5, 0.6) is 0 Å². The first-order valence-corrected chi connectivity index (χ1v) is 10.3. The maximum atomic E-state index is 11.4. The fourth-order valence-corrected chi connectivity index (χ4v) is 5.63. The number of fused-ring (bicyclic) bond motifs is 6. The predicted octanol–water partition coefficient (Wildman–Crippen LogP) is -0.622. The summed E-state index contributed by atoms with van der Waals surface area (Å²) < 4.78 is 23.6. The van der Waals surface area contributed by atoms with Crippen molar-refractivity contribution >= 4 is 14.8 Å². The summed E-state index contributed by atoms with van der Waals surface area (Å²) in [5.41, 5.74) is 3.35. The summed E-state index contributed by atoms with van der Waals surface area (Å²) in [6.45, 7) is 7.52. The van der Waals surface area contributed by atoms with Crippen molar-refractivity contribution in [2.45, 2.75) is 13.3 Å². The van der Waals surface area contributed by atoms with Crippen LogP contribution in [0.25, 0.3) is 0 Å². The molecule has 0 radical (unpaired) electrons. The van der Waals surface area contributed by atoms with E-state index in [4.69, 9.17) is 18.0 Å². The van der Waals surface area contributed by atoms with Crippen LogP contribution in [0, 0.1) is 0 Å². The molecule has 3 rings (SSSR count). The number of carbonyl (C=O) groups is 1. The van der Waals surface area contributed by atoms with E-state index in [1.165, 1.54) is 0 Å². The van der Waals surface area contributed by atoms with Crippen molar-refractivity contribution in [2.75, 3.05) is 72.9 Å². The lowest BCUT2D eigenvalue weighted by Crippen LogP contribution is -2.67. The monoisotopic (exact) mass is 348 g/mol. The van der Waals surface area contributed by atoms with Crippen molar-refractivity contribution in [3.05, 3.63) is 0 Å². The van der Waals surface area contributed by atoms with E-state index in [1.807, 2.05) is 21.0 Å². The number of nitrogens with zero attached hydrogens (tertiary/aromatic N) is 2. The molecule has 3 aliphatic heterocycles. The van der Waals surface area contributed by atoms with Crippen LogP contribution in [-0.2, 0) is 22.8 Å². The van der Waals surface area contributed by atoms with Crippen LogP contribution in [-0.4, -0.2) is 97.1 Å². The molecule has 1 N–H and O–H groups in total. The molecule has 0 unspecified atom stereocenters. The second-order valence-electron chi connectivity index (χ2n) is 6.38. The van der Waals surface area contributed by atoms with E-state index >= 15 is 0 Å². The lowest BCUT2D eigenvalue weighted by Gasteiger charge is -2.41. The van der Waals surface area contributed by atoms with Crippen LogP contribution in [0.15, 0.2) is 0 Å². The molecule has 9 heteroatoms. The molecular weight excluding hydrogens is 318 g/mol. The van der Waals surface area contributed by atoms with Gasteiger partial charge in [0.05, 0.1) is 53.5 Å². The molecular formula is C14H30N3O5Si+. The van der Waals surface area contributed by atoms with Gasteiger partial charge in [0.1, 0.15) is 0 Å². The largest absolute Gasteiger partial charge is 0.561 e. The molecule has 0 spiro atoms. The second kappa shape index (κ2) is 8.52. The Bertz CT molecular complexity index is 370. The topological polar surface area (TPSA) is 69.3 Å². The molecule has 0 aromatic carbocycles. The second-order valence-corrected chi connectivity index (χ2v) is 8.92. The van der Waals surface area contributed by atoms with Gasteiger partial charge in [0.2, 0.25) is 0 Å². The van der Waals surface area contributed by atoms with E-state index in [2.05, 4.69) is 10.3 Å². The first-order valence-electron chi connectivity index (χ1n) is 8.33. The molecule has 23 heavy (non-hydrogen) atoms. The third-order valence-electron chi connectivity index (χ3n) is 3.95. The average Bonchev–Trinajstić information content (AvgIpc) is 2.39. The maximum Gasteiger partial charge on any atom is 0.561 e. The third kappa shape index (κ3) is 6.11. The zero-order valence-corrected chi connectivity index (χ0v) is 15.5. The fraction of sp³-hybridized carbons (Fsp3) is 0.929. The van der Waals surface area contributed by atoms with Gasteiger partial charge in [-0.05, 0) is 6.92 Å². The zero-order valence-electron chi connectivity index (χ0n) is 14.5. The number of hydrogen-bond donors (Lipinski definition) is 1. The van der Waals surface area contributed by atoms with Crippen molar-refractivity contribution in [2.24, 2.45) is 0 Å². The summed E-state index contributed by atoms with van der Waals surface area (Å²) in [4.78, 5) is 13.7. The van der Waals surface area contributed by atoms with Gasteiger partial charge in [0.15, 0.2) is 6.17 Å². The number of hydrogen-bond acceptors (Lipinski definition) is 7. The molecule has 0 aliphatic carbocycles. The third-order valence-corrected chi connectivity index (χ3v) is 7.06. The average molecular weight is 348 g/mol. The lowest BCUT2D eigenvalue weighted by molar-refractivity contribution is -0.926. The maximum absolute atomic E-state index is 11.4. The van der Waals surface area contributed by atoms with Crippen LogP contribution in [0.2, 0.25) is 0 Å². The zero-order chi connectivity index (χ0) is 16.8. The summed E-state index contributed by atoms with van der Waals surface area (Å²) in [5, 5.41) is 0. The molecule has 0 amide bonds. The van der Waals surface area contributed by atoms with Gasteiger partial charge in [-0.25, -0.2) is 4.59 Å². The van der Waals surface area contributed by atoms with Gasteiger partial charge < -0.3 is 18.0 Å². The van der Waals surface area contributed by atoms with Gasteiger partial charge in [-0.15, -0.1) is 0 Å². The summed E-state index contributed by atoms with van der Waals surface area (Å²) in [6.07, 6.45) is 0.984. The van der Waals surface area contributed by atoms with E-state index < -0.39 is 8.80 Å². The SMILES string of the molecule is CCOC(=O)CCN[N+](C)(C)C[Si]12OCCN(CCO1)CCO2. The van der Waals surface area contributed by atoms with Crippen LogP contribution >= 0.6 is 0 Å². The van der Waals surface area contributed by atoms with Crippen molar-refractivity contribution in [3.8, 4) is 0 Å². The Hall–Kier alpha value is -0.553. The van der Waals surface area contributed by atoms with Gasteiger partial charge in [0.25, 0.3) is 0 Å². The van der Waals surface area contributed by atoms with Gasteiger partial charge >= 0.3 is 14.8 Å². The molecule has 3 fully saturated rings. The Balaban J connectivity index is 1.87. The molecule has 3 heterocycles. The molecule has 0 atom stereocenters. The molecule has 3 saturated heterocycles. The molecule has 0 aromatic rings. The quantitative estimate of drug-likeness (QED) is 0.285. The highest BCUT2D eigenvalue weighted by molar-refractivity contribution is 6.60. The smallest absolute Gasteiger partial charge is 0.466 e. The number of ether oxygens (including phenoxy) is 1. The highest BCUT2D eigenvalue weighted by Crippen LogP contribution is 2.18. The van der Waals surface area contributed by atoms with Gasteiger partial charge in [-0.2, -0.15) is 5.43 Å². The molecule has 3 aliphatic rings. The molecule has 8 nitrogen and oxygen atoms in total. The molecule has 0 aromatic heterocycles.